The molecule has 1 aliphatic rings. The fourth-order valence-corrected chi connectivity index (χ4v) is 3.19. The number of carbonyl (C=O) groups is 1. The van der Waals surface area contributed by atoms with Gasteiger partial charge in [-0.25, -0.2) is 5.32 Å². The monoisotopic (exact) mass is 363 g/mol. The zero-order chi connectivity index (χ0) is 18.5. The predicted molar refractivity (Wildman–Crippen MR) is 104 cm³/mol. The summed E-state index contributed by atoms with van der Waals surface area (Å²) in [6.45, 7) is 6.53. The maximum atomic E-state index is 11.9. The molecule has 0 unspecified atom stereocenters. The molecule has 0 spiro atoms. The molecule has 0 saturated carbocycles. The van der Waals surface area contributed by atoms with Gasteiger partial charge in [-0.3, -0.25) is 4.90 Å². The van der Waals surface area contributed by atoms with E-state index in [0.29, 0.717) is 6.61 Å². The first-order valence-corrected chi connectivity index (χ1v) is 10.2. The van der Waals surface area contributed by atoms with Gasteiger partial charge in [-0.05, 0) is 44.5 Å². The van der Waals surface area contributed by atoms with Crippen LogP contribution in [0.1, 0.15) is 58.3 Å². The third-order valence-electron chi connectivity index (χ3n) is 4.78. The summed E-state index contributed by atoms with van der Waals surface area (Å²) in [7, 11) is 0. The van der Waals surface area contributed by atoms with Crippen LogP contribution in [0.5, 0.6) is 5.75 Å². The molecule has 1 amide bonds. The highest BCUT2D eigenvalue weighted by molar-refractivity contribution is 5.59. The van der Waals surface area contributed by atoms with Crippen molar-refractivity contribution in [1.82, 2.24) is 4.90 Å². The van der Waals surface area contributed by atoms with Gasteiger partial charge in [0.05, 0.1) is 6.61 Å². The molecule has 1 heterocycles. The van der Waals surface area contributed by atoms with Crippen LogP contribution in [0.25, 0.3) is 0 Å². The second-order valence-corrected chi connectivity index (χ2v) is 7.05. The zero-order valence-electron chi connectivity index (χ0n) is 16.3. The van der Waals surface area contributed by atoms with Gasteiger partial charge < -0.3 is 9.47 Å². The number of ether oxygens (including phenoxy) is 2. The van der Waals surface area contributed by atoms with Gasteiger partial charge >= 0.3 is 6.09 Å². The standard InChI is InChI=1S/C21H34N2O3/c1-2-3-4-5-9-17-25-20-12-10-19(11-13-20)22-21(24)26-18-16-23-14-7-6-8-15-23/h10-13H,2-9,14-18H2,1H3,(H,22,24)/p+1. The number of rotatable bonds is 11. The van der Waals surface area contributed by atoms with Crippen molar-refractivity contribution in [2.75, 3.05) is 32.8 Å². The quantitative estimate of drug-likeness (QED) is 0.479. The van der Waals surface area contributed by atoms with Crippen molar-refractivity contribution in [3.8, 4) is 5.75 Å². The number of amides is 1. The number of hydrogen-bond donors (Lipinski definition) is 1. The van der Waals surface area contributed by atoms with Gasteiger partial charge in [-0.1, -0.05) is 39.0 Å². The number of carbonyl (C=O) groups excluding carboxylic acids is 1. The van der Waals surface area contributed by atoms with E-state index >= 15 is 0 Å². The Morgan fingerprint density at radius 2 is 1.73 bits per heavy atom. The fourth-order valence-electron chi connectivity index (χ4n) is 3.19. The molecule has 0 atom stereocenters. The van der Waals surface area contributed by atoms with E-state index in [0.717, 1.165) is 44.1 Å². The average molecular weight is 364 g/mol. The Morgan fingerprint density at radius 3 is 2.46 bits per heavy atom. The highest BCUT2D eigenvalue weighted by Crippen LogP contribution is 2.13. The molecule has 1 aliphatic heterocycles. The molecule has 2 rings (SSSR count). The average Bonchev–Trinajstić information content (AvgIpc) is 2.67. The number of benzene rings is 1. The zero-order valence-corrected chi connectivity index (χ0v) is 16.3. The minimum atomic E-state index is -0.272. The molecule has 0 bridgehead atoms. The SMILES string of the molecule is CCCCCCCOc1ccc([NH2+]C(=O)OCCN2CCCCC2)cc1. The lowest BCUT2D eigenvalue weighted by Crippen LogP contribution is -2.82. The predicted octanol–water partition coefficient (Wildman–Crippen LogP) is 3.85. The second kappa shape index (κ2) is 12.7. The number of hydrogen-bond acceptors (Lipinski definition) is 4. The number of piperidine rings is 1. The van der Waals surface area contributed by atoms with E-state index in [1.54, 1.807) is 5.32 Å². The van der Waals surface area contributed by atoms with Crippen molar-refractivity contribution < 1.29 is 19.6 Å². The maximum absolute atomic E-state index is 11.9. The fraction of sp³-hybridized carbons (Fsp3) is 0.667. The molecule has 1 saturated heterocycles. The first-order valence-electron chi connectivity index (χ1n) is 10.2. The highest BCUT2D eigenvalue weighted by atomic mass is 16.5. The van der Waals surface area contributed by atoms with E-state index in [2.05, 4.69) is 11.8 Å². The van der Waals surface area contributed by atoms with E-state index in [1.807, 2.05) is 24.3 Å². The van der Waals surface area contributed by atoms with Gasteiger partial charge in [0.1, 0.15) is 18.0 Å². The van der Waals surface area contributed by atoms with E-state index < -0.39 is 0 Å². The molecule has 5 heteroatoms. The molecule has 0 radical (unpaired) electrons. The van der Waals surface area contributed by atoms with E-state index in [-0.39, 0.29) is 6.09 Å². The van der Waals surface area contributed by atoms with Gasteiger partial charge in [-0.15, -0.1) is 0 Å². The molecule has 1 fully saturated rings. The number of unbranched alkanes of at least 4 members (excludes halogenated alkanes) is 4. The molecule has 1 aromatic rings. The lowest BCUT2D eigenvalue weighted by atomic mass is 10.1. The van der Waals surface area contributed by atoms with Crippen molar-refractivity contribution >= 4 is 11.8 Å². The molecule has 26 heavy (non-hydrogen) atoms. The summed E-state index contributed by atoms with van der Waals surface area (Å²) >= 11 is 0. The Hall–Kier alpha value is -1.59. The van der Waals surface area contributed by atoms with Crippen molar-refractivity contribution in [2.24, 2.45) is 0 Å². The van der Waals surface area contributed by atoms with Crippen LogP contribution in [0.2, 0.25) is 0 Å². The van der Waals surface area contributed by atoms with Gasteiger partial charge in [-0.2, -0.15) is 4.79 Å². The van der Waals surface area contributed by atoms with Gasteiger partial charge in [0.2, 0.25) is 0 Å². The van der Waals surface area contributed by atoms with Gasteiger partial charge in [0.15, 0.2) is 0 Å². The lowest BCUT2D eigenvalue weighted by molar-refractivity contribution is -0.482. The van der Waals surface area contributed by atoms with Crippen LogP contribution in [0, 0.1) is 0 Å². The van der Waals surface area contributed by atoms with E-state index in [1.165, 1.54) is 44.9 Å². The van der Waals surface area contributed by atoms with Crippen LogP contribution in [-0.2, 0) is 4.74 Å². The minimum absolute atomic E-state index is 0.272. The van der Waals surface area contributed by atoms with Gasteiger partial charge in [0.25, 0.3) is 0 Å². The molecule has 1 aromatic carbocycles. The molecule has 2 N–H and O–H groups in total. The summed E-state index contributed by atoms with van der Waals surface area (Å²) in [5.41, 5.74) is 0.850. The number of nitrogens with zero attached hydrogens (tertiary/aromatic N) is 1. The molecular weight excluding hydrogens is 328 g/mol. The van der Waals surface area contributed by atoms with Crippen molar-refractivity contribution in [1.29, 1.82) is 0 Å². The second-order valence-electron chi connectivity index (χ2n) is 7.05. The number of likely N-dealkylation sites (tertiary alicyclic amines) is 1. The Balaban J connectivity index is 1.57. The van der Waals surface area contributed by atoms with E-state index in [9.17, 15) is 4.79 Å². The van der Waals surface area contributed by atoms with Crippen LogP contribution in [0.15, 0.2) is 24.3 Å². The number of nitrogens with two attached hydrogens (primary N) is 1. The number of primary amides is 1. The summed E-state index contributed by atoms with van der Waals surface area (Å²) in [4.78, 5) is 14.3. The summed E-state index contributed by atoms with van der Waals surface area (Å²) in [5, 5.41) is 1.55. The Morgan fingerprint density at radius 1 is 1.00 bits per heavy atom. The maximum Gasteiger partial charge on any atom is 0.517 e. The molecule has 146 valence electrons. The molecule has 5 nitrogen and oxygen atoms in total. The first-order chi connectivity index (χ1) is 12.8. The summed E-state index contributed by atoms with van der Waals surface area (Å²) in [6.07, 6.45) is 9.74. The highest BCUT2D eigenvalue weighted by Gasteiger charge is 2.13. The van der Waals surface area contributed by atoms with Crippen LogP contribution in [-0.4, -0.2) is 43.8 Å². The molecule has 0 aliphatic carbocycles. The Bertz CT molecular complexity index is 498. The summed E-state index contributed by atoms with van der Waals surface area (Å²) < 4.78 is 11.1. The first kappa shape index (κ1) is 20.7. The number of quaternary nitrogens is 1. The van der Waals surface area contributed by atoms with Crippen molar-refractivity contribution in [3.05, 3.63) is 24.3 Å². The van der Waals surface area contributed by atoms with Crippen molar-refractivity contribution in [2.45, 2.75) is 58.3 Å². The summed E-state index contributed by atoms with van der Waals surface area (Å²) in [6, 6.07) is 7.63. The summed E-state index contributed by atoms with van der Waals surface area (Å²) in [5.74, 6) is 0.858. The van der Waals surface area contributed by atoms with Crippen LogP contribution in [0.3, 0.4) is 0 Å². The third kappa shape index (κ3) is 8.68. The van der Waals surface area contributed by atoms with Gasteiger partial charge in [0, 0.05) is 18.7 Å². The largest absolute Gasteiger partial charge is 0.517 e. The molecule has 0 aromatic heterocycles. The van der Waals surface area contributed by atoms with Crippen LogP contribution in [0.4, 0.5) is 10.5 Å². The Kier molecular flexibility index (Phi) is 10.1. The van der Waals surface area contributed by atoms with Crippen LogP contribution >= 0.6 is 0 Å². The topological polar surface area (TPSA) is 55.4 Å². The lowest BCUT2D eigenvalue weighted by Gasteiger charge is -2.25. The minimum Gasteiger partial charge on any atom is -0.494 e. The smallest absolute Gasteiger partial charge is 0.494 e. The molecular formula is C21H35N2O3+. The normalized spacial score (nSPS) is 15.0. The Labute approximate surface area is 158 Å². The van der Waals surface area contributed by atoms with Crippen molar-refractivity contribution in [3.63, 3.8) is 0 Å². The van der Waals surface area contributed by atoms with E-state index in [4.69, 9.17) is 9.47 Å². The third-order valence-corrected chi connectivity index (χ3v) is 4.78. The van der Waals surface area contributed by atoms with Crippen LogP contribution < -0.4 is 10.1 Å².